The first-order chi connectivity index (χ1) is 12.4. The van der Waals surface area contributed by atoms with Gasteiger partial charge in [0.15, 0.2) is 0 Å². The van der Waals surface area contributed by atoms with Crippen molar-refractivity contribution < 1.29 is 0 Å². The molecule has 2 aromatic heterocycles. The van der Waals surface area contributed by atoms with Crippen molar-refractivity contribution in [3.63, 3.8) is 0 Å². The van der Waals surface area contributed by atoms with Crippen molar-refractivity contribution in [2.45, 2.75) is 39.8 Å². The van der Waals surface area contributed by atoms with Gasteiger partial charge < -0.3 is 9.88 Å². The third-order valence-corrected chi connectivity index (χ3v) is 4.70. The minimum Gasteiger partial charge on any atom is -0.310 e. The Morgan fingerprint density at radius 3 is 2.46 bits per heavy atom. The minimum absolute atomic E-state index is 0.105. The van der Waals surface area contributed by atoms with Gasteiger partial charge in [-0.3, -0.25) is 4.40 Å². The molecule has 4 aromatic rings. The molecule has 0 atom stereocenters. The van der Waals surface area contributed by atoms with Crippen LogP contribution in [0.1, 0.15) is 26.3 Å². The summed E-state index contributed by atoms with van der Waals surface area (Å²) in [6, 6.07) is 17.0. The molecule has 2 aromatic carbocycles. The molecule has 1 N–H and O–H groups in total. The summed E-state index contributed by atoms with van der Waals surface area (Å²) in [4.78, 5) is 4.89. The zero-order valence-electron chi connectivity index (χ0n) is 16.0. The molecule has 2 heterocycles. The maximum absolute atomic E-state index is 4.89. The maximum Gasteiger partial charge on any atom is 0.215 e. The van der Waals surface area contributed by atoms with E-state index in [0.29, 0.717) is 0 Å². The van der Waals surface area contributed by atoms with E-state index in [1.165, 1.54) is 16.8 Å². The lowest BCUT2D eigenvalue weighted by Crippen LogP contribution is -2.37. The van der Waals surface area contributed by atoms with Gasteiger partial charge in [0.05, 0.1) is 16.7 Å². The van der Waals surface area contributed by atoms with Crippen LogP contribution in [0.3, 0.4) is 0 Å². The summed E-state index contributed by atoms with van der Waals surface area (Å²) in [7, 11) is 0. The second-order valence-electron chi connectivity index (χ2n) is 7.98. The van der Waals surface area contributed by atoms with Crippen LogP contribution >= 0.6 is 0 Å². The Hall–Kier alpha value is -2.59. The lowest BCUT2D eigenvalue weighted by atomic mass is 10.1. The highest BCUT2D eigenvalue weighted by Crippen LogP contribution is 2.26. The Morgan fingerprint density at radius 1 is 1.00 bits per heavy atom. The molecule has 0 amide bonds. The van der Waals surface area contributed by atoms with Crippen LogP contribution in [0.25, 0.3) is 28.1 Å². The SMILES string of the molecule is Cc1ccc(-c2cn3c4ccccc4nc3n2CCNC(C)(C)C)cc1. The first-order valence-corrected chi connectivity index (χ1v) is 9.21. The molecular weight excluding hydrogens is 320 g/mol. The van der Waals surface area contributed by atoms with E-state index >= 15 is 0 Å². The van der Waals surface area contributed by atoms with E-state index in [1.54, 1.807) is 0 Å². The number of fused-ring (bicyclic) bond motifs is 3. The molecule has 4 nitrogen and oxygen atoms in total. The van der Waals surface area contributed by atoms with Gasteiger partial charge in [0.2, 0.25) is 5.78 Å². The van der Waals surface area contributed by atoms with E-state index in [1.807, 2.05) is 6.07 Å². The number of aromatic nitrogens is 3. The highest BCUT2D eigenvalue weighted by molar-refractivity contribution is 5.81. The molecule has 0 unspecified atom stereocenters. The van der Waals surface area contributed by atoms with Gasteiger partial charge in [-0.05, 0) is 45.4 Å². The second-order valence-corrected chi connectivity index (χ2v) is 7.98. The molecule has 0 aliphatic rings. The lowest BCUT2D eigenvalue weighted by Gasteiger charge is -2.21. The number of nitrogens with one attached hydrogen (secondary N) is 1. The molecule has 0 aliphatic carbocycles. The predicted octanol–water partition coefficient (Wildman–Crippen LogP) is 4.65. The third kappa shape index (κ3) is 3.13. The van der Waals surface area contributed by atoms with E-state index in [4.69, 9.17) is 4.98 Å². The van der Waals surface area contributed by atoms with Gasteiger partial charge in [-0.2, -0.15) is 0 Å². The summed E-state index contributed by atoms with van der Waals surface area (Å²) >= 11 is 0. The van der Waals surface area contributed by atoms with Crippen molar-refractivity contribution in [3.05, 3.63) is 60.3 Å². The Labute approximate surface area is 154 Å². The average Bonchev–Trinajstić information content (AvgIpc) is 3.11. The fraction of sp³-hybridized carbons (Fsp3) is 0.318. The zero-order valence-corrected chi connectivity index (χ0v) is 16.0. The fourth-order valence-electron chi connectivity index (χ4n) is 3.37. The Morgan fingerprint density at radius 2 is 1.73 bits per heavy atom. The predicted molar refractivity (Wildman–Crippen MR) is 109 cm³/mol. The Bertz CT molecular complexity index is 1050. The van der Waals surface area contributed by atoms with Gasteiger partial charge in [-0.15, -0.1) is 0 Å². The van der Waals surface area contributed by atoms with Crippen molar-refractivity contribution in [2.24, 2.45) is 0 Å². The van der Waals surface area contributed by atoms with E-state index in [9.17, 15) is 0 Å². The zero-order chi connectivity index (χ0) is 18.3. The van der Waals surface area contributed by atoms with Crippen molar-refractivity contribution in [1.29, 1.82) is 0 Å². The summed E-state index contributed by atoms with van der Waals surface area (Å²) in [5, 5.41) is 3.59. The summed E-state index contributed by atoms with van der Waals surface area (Å²) < 4.78 is 4.53. The monoisotopic (exact) mass is 346 g/mol. The number of imidazole rings is 2. The van der Waals surface area contributed by atoms with Gasteiger partial charge >= 0.3 is 0 Å². The lowest BCUT2D eigenvalue weighted by molar-refractivity contribution is 0.414. The average molecular weight is 346 g/mol. The van der Waals surface area contributed by atoms with Crippen molar-refractivity contribution in [2.75, 3.05) is 6.54 Å². The number of hydrogen-bond donors (Lipinski definition) is 1. The van der Waals surface area contributed by atoms with Crippen LogP contribution < -0.4 is 5.32 Å². The molecule has 134 valence electrons. The number of hydrogen-bond acceptors (Lipinski definition) is 2. The van der Waals surface area contributed by atoms with E-state index in [-0.39, 0.29) is 5.54 Å². The maximum atomic E-state index is 4.89. The number of rotatable bonds is 4. The summed E-state index contributed by atoms with van der Waals surface area (Å²) in [6.07, 6.45) is 2.21. The van der Waals surface area contributed by atoms with Crippen molar-refractivity contribution >= 4 is 16.8 Å². The second kappa shape index (κ2) is 6.29. The topological polar surface area (TPSA) is 34.3 Å². The largest absolute Gasteiger partial charge is 0.310 e. The van der Waals surface area contributed by atoms with Gasteiger partial charge in [-0.1, -0.05) is 42.0 Å². The molecule has 0 saturated carbocycles. The fourth-order valence-corrected chi connectivity index (χ4v) is 3.37. The molecule has 0 aliphatic heterocycles. The summed E-state index contributed by atoms with van der Waals surface area (Å²) in [6.45, 7) is 10.5. The van der Waals surface area contributed by atoms with Gasteiger partial charge in [0.25, 0.3) is 0 Å². The minimum atomic E-state index is 0.105. The van der Waals surface area contributed by atoms with Gasteiger partial charge in [-0.25, -0.2) is 4.98 Å². The Balaban J connectivity index is 1.83. The number of nitrogens with zero attached hydrogens (tertiary/aromatic N) is 3. The first kappa shape index (κ1) is 16.9. The number of para-hydroxylation sites is 2. The molecule has 0 bridgehead atoms. The molecular formula is C22H26N4. The van der Waals surface area contributed by atoms with Crippen LogP contribution in [0.4, 0.5) is 0 Å². The van der Waals surface area contributed by atoms with Crippen LogP contribution in [-0.4, -0.2) is 26.0 Å². The van der Waals surface area contributed by atoms with E-state index < -0.39 is 0 Å². The standard InChI is InChI=1S/C22H26N4/c1-16-9-11-17(12-10-16)20-15-26-19-8-6-5-7-18(19)24-21(26)25(20)14-13-23-22(2,3)4/h5-12,15,23H,13-14H2,1-4H3. The van der Waals surface area contributed by atoms with Gasteiger partial charge in [0.1, 0.15) is 0 Å². The molecule has 0 saturated heterocycles. The molecule has 0 spiro atoms. The molecule has 0 radical (unpaired) electrons. The molecule has 0 fully saturated rings. The third-order valence-electron chi connectivity index (χ3n) is 4.70. The van der Waals surface area contributed by atoms with Crippen LogP contribution in [0, 0.1) is 6.92 Å². The molecule has 26 heavy (non-hydrogen) atoms. The normalized spacial score (nSPS) is 12.3. The quantitative estimate of drug-likeness (QED) is 0.583. The van der Waals surface area contributed by atoms with Crippen molar-refractivity contribution in [3.8, 4) is 11.3 Å². The van der Waals surface area contributed by atoms with Crippen LogP contribution in [0.2, 0.25) is 0 Å². The highest BCUT2D eigenvalue weighted by atomic mass is 15.2. The highest BCUT2D eigenvalue weighted by Gasteiger charge is 2.16. The number of aryl methyl sites for hydroxylation is 1. The van der Waals surface area contributed by atoms with E-state index in [0.717, 1.165) is 29.9 Å². The number of benzene rings is 2. The van der Waals surface area contributed by atoms with E-state index in [2.05, 4.69) is 90.6 Å². The first-order valence-electron chi connectivity index (χ1n) is 9.21. The van der Waals surface area contributed by atoms with Crippen LogP contribution in [0.15, 0.2) is 54.7 Å². The van der Waals surface area contributed by atoms with Gasteiger partial charge in [0, 0.05) is 24.8 Å². The summed E-state index contributed by atoms with van der Waals surface area (Å²) in [5.41, 5.74) is 5.99. The smallest absolute Gasteiger partial charge is 0.215 e. The van der Waals surface area contributed by atoms with Crippen LogP contribution in [-0.2, 0) is 6.54 Å². The molecule has 4 heteroatoms. The molecule has 4 rings (SSSR count). The van der Waals surface area contributed by atoms with Crippen molar-refractivity contribution in [1.82, 2.24) is 19.3 Å². The summed E-state index contributed by atoms with van der Waals surface area (Å²) in [5.74, 6) is 0.998. The Kier molecular flexibility index (Phi) is 4.08. The van der Waals surface area contributed by atoms with Crippen LogP contribution in [0.5, 0.6) is 0 Å².